The van der Waals surface area contributed by atoms with Crippen LogP contribution >= 0.6 is 11.6 Å². The molecule has 94 valence electrons. The lowest BCUT2D eigenvalue weighted by Crippen LogP contribution is -2.44. The average molecular weight is 261 g/mol. The number of carbonyl (C=O) groups is 3. The zero-order valence-electron chi connectivity index (χ0n) is 9.40. The van der Waals surface area contributed by atoms with Crippen LogP contribution in [0.5, 0.6) is 0 Å². The summed E-state index contributed by atoms with van der Waals surface area (Å²) in [5.41, 5.74) is -2.17. The second-order valence-corrected chi connectivity index (χ2v) is 3.52. The molecular formula is C11H13ClO5. The minimum Gasteiger partial charge on any atom is -0.460 e. The average Bonchev–Trinajstić information content (AvgIpc) is 2.31. The summed E-state index contributed by atoms with van der Waals surface area (Å²) < 4.78 is 9.26. The standard InChI is InChI=1S/C11H13ClO5/c1-4-6-16-9(14)11(3,8(12)13)10(15)17-7-5-2/h4-5H,1-2,6-7H2,3H3. The minimum atomic E-state index is -2.17. The van der Waals surface area contributed by atoms with Gasteiger partial charge in [-0.2, -0.15) is 0 Å². The van der Waals surface area contributed by atoms with Gasteiger partial charge in [0.25, 0.3) is 0 Å². The van der Waals surface area contributed by atoms with E-state index >= 15 is 0 Å². The Kier molecular flexibility index (Phi) is 6.20. The van der Waals surface area contributed by atoms with Crippen LogP contribution in [0, 0.1) is 5.41 Å². The van der Waals surface area contributed by atoms with Crippen molar-refractivity contribution in [2.24, 2.45) is 5.41 Å². The predicted octanol–water partition coefficient (Wildman–Crippen LogP) is 1.22. The van der Waals surface area contributed by atoms with Crippen molar-refractivity contribution in [1.29, 1.82) is 0 Å². The number of ether oxygens (including phenoxy) is 2. The van der Waals surface area contributed by atoms with Gasteiger partial charge in [-0.05, 0) is 18.5 Å². The molecule has 0 saturated heterocycles. The molecule has 0 aromatic heterocycles. The monoisotopic (exact) mass is 260 g/mol. The Balaban J connectivity index is 4.94. The first kappa shape index (κ1) is 15.4. The molecule has 0 aliphatic carbocycles. The molecule has 0 bridgehead atoms. The van der Waals surface area contributed by atoms with Crippen LogP contribution in [0.3, 0.4) is 0 Å². The van der Waals surface area contributed by atoms with Crippen molar-refractivity contribution in [2.45, 2.75) is 6.92 Å². The van der Waals surface area contributed by atoms with Gasteiger partial charge in [0.2, 0.25) is 10.7 Å². The third kappa shape index (κ3) is 3.71. The molecule has 0 aliphatic heterocycles. The largest absolute Gasteiger partial charge is 0.460 e. The molecular weight excluding hydrogens is 248 g/mol. The zero-order valence-corrected chi connectivity index (χ0v) is 10.2. The van der Waals surface area contributed by atoms with Crippen molar-refractivity contribution in [1.82, 2.24) is 0 Å². The summed E-state index contributed by atoms with van der Waals surface area (Å²) in [6, 6.07) is 0. The van der Waals surface area contributed by atoms with Crippen LogP contribution in [-0.4, -0.2) is 30.4 Å². The molecule has 0 fully saturated rings. The van der Waals surface area contributed by atoms with Crippen molar-refractivity contribution in [3.8, 4) is 0 Å². The molecule has 0 aromatic carbocycles. The van der Waals surface area contributed by atoms with Crippen LogP contribution in [0.2, 0.25) is 0 Å². The van der Waals surface area contributed by atoms with E-state index in [1.165, 1.54) is 12.2 Å². The number of rotatable bonds is 7. The minimum absolute atomic E-state index is 0.132. The van der Waals surface area contributed by atoms with Crippen LogP contribution in [-0.2, 0) is 23.9 Å². The summed E-state index contributed by atoms with van der Waals surface area (Å²) >= 11 is 5.24. The fraction of sp³-hybridized carbons (Fsp3) is 0.364. The Hall–Kier alpha value is -1.62. The first-order valence-electron chi connectivity index (χ1n) is 4.67. The molecule has 5 nitrogen and oxygen atoms in total. The highest BCUT2D eigenvalue weighted by Gasteiger charge is 2.50. The summed E-state index contributed by atoms with van der Waals surface area (Å²) in [6.45, 7) is 7.44. The lowest BCUT2D eigenvalue weighted by molar-refractivity contribution is -0.170. The molecule has 17 heavy (non-hydrogen) atoms. The van der Waals surface area contributed by atoms with E-state index in [-0.39, 0.29) is 13.2 Å². The van der Waals surface area contributed by atoms with Crippen LogP contribution in [0.15, 0.2) is 25.3 Å². The number of hydrogen-bond donors (Lipinski definition) is 0. The highest BCUT2D eigenvalue weighted by Crippen LogP contribution is 2.24. The van der Waals surface area contributed by atoms with Crippen LogP contribution < -0.4 is 0 Å². The van der Waals surface area contributed by atoms with E-state index in [0.29, 0.717) is 0 Å². The molecule has 0 aliphatic rings. The third-order valence-electron chi connectivity index (χ3n) is 1.87. The molecule has 0 amide bonds. The van der Waals surface area contributed by atoms with Crippen LogP contribution in [0.1, 0.15) is 6.92 Å². The van der Waals surface area contributed by atoms with Gasteiger partial charge in [-0.15, -0.1) is 0 Å². The van der Waals surface area contributed by atoms with Gasteiger partial charge < -0.3 is 9.47 Å². The first-order valence-corrected chi connectivity index (χ1v) is 5.05. The molecule has 0 unspecified atom stereocenters. The summed E-state index contributed by atoms with van der Waals surface area (Å²) in [5.74, 6) is -2.15. The summed E-state index contributed by atoms with van der Waals surface area (Å²) in [5, 5.41) is -1.17. The van der Waals surface area contributed by atoms with Gasteiger partial charge in [-0.25, -0.2) is 0 Å². The second kappa shape index (κ2) is 6.85. The van der Waals surface area contributed by atoms with E-state index in [2.05, 4.69) is 22.6 Å². The molecule has 0 heterocycles. The molecule has 0 radical (unpaired) electrons. The van der Waals surface area contributed by atoms with E-state index in [4.69, 9.17) is 11.6 Å². The van der Waals surface area contributed by atoms with E-state index in [0.717, 1.165) is 6.92 Å². The van der Waals surface area contributed by atoms with Crippen molar-refractivity contribution in [2.75, 3.05) is 13.2 Å². The van der Waals surface area contributed by atoms with Gasteiger partial charge in [-0.1, -0.05) is 25.3 Å². The Bertz CT molecular complexity index is 324. The van der Waals surface area contributed by atoms with E-state index < -0.39 is 22.6 Å². The topological polar surface area (TPSA) is 69.7 Å². The maximum absolute atomic E-state index is 11.6. The molecule has 0 rings (SSSR count). The fourth-order valence-electron chi connectivity index (χ4n) is 0.802. The Labute approximate surface area is 104 Å². The van der Waals surface area contributed by atoms with Gasteiger partial charge in [0.1, 0.15) is 13.2 Å². The lowest BCUT2D eigenvalue weighted by atomic mass is 9.93. The highest BCUT2D eigenvalue weighted by molar-refractivity contribution is 6.68. The smallest absolute Gasteiger partial charge is 0.332 e. The summed E-state index contributed by atoms with van der Waals surface area (Å²) in [7, 11) is 0. The first-order chi connectivity index (χ1) is 7.91. The molecule has 0 N–H and O–H groups in total. The second-order valence-electron chi connectivity index (χ2n) is 3.17. The normalized spacial score (nSPS) is 10.2. The molecule has 0 saturated carbocycles. The maximum Gasteiger partial charge on any atom is 0.332 e. The number of esters is 2. The van der Waals surface area contributed by atoms with Gasteiger partial charge in [0.15, 0.2) is 0 Å². The van der Waals surface area contributed by atoms with Gasteiger partial charge in [-0.3, -0.25) is 14.4 Å². The van der Waals surface area contributed by atoms with Crippen LogP contribution in [0.4, 0.5) is 0 Å². The van der Waals surface area contributed by atoms with Crippen molar-refractivity contribution < 1.29 is 23.9 Å². The van der Waals surface area contributed by atoms with E-state index in [1.807, 2.05) is 0 Å². The highest BCUT2D eigenvalue weighted by atomic mass is 35.5. The Morgan fingerprint density at radius 3 is 1.71 bits per heavy atom. The molecule has 0 atom stereocenters. The molecule has 0 aromatic rings. The van der Waals surface area contributed by atoms with Crippen molar-refractivity contribution in [3.05, 3.63) is 25.3 Å². The van der Waals surface area contributed by atoms with Gasteiger partial charge in [0, 0.05) is 0 Å². The Morgan fingerprint density at radius 1 is 1.12 bits per heavy atom. The quantitative estimate of drug-likeness (QED) is 0.298. The van der Waals surface area contributed by atoms with Crippen LogP contribution in [0.25, 0.3) is 0 Å². The third-order valence-corrected chi connectivity index (χ3v) is 2.25. The molecule has 6 heteroatoms. The maximum atomic E-state index is 11.6. The summed E-state index contributed by atoms with van der Waals surface area (Å²) in [6.07, 6.45) is 2.60. The number of hydrogen-bond acceptors (Lipinski definition) is 5. The zero-order chi connectivity index (χ0) is 13.5. The summed E-state index contributed by atoms with van der Waals surface area (Å²) in [4.78, 5) is 34.3. The fourth-order valence-corrected chi connectivity index (χ4v) is 0.956. The number of halogens is 1. The van der Waals surface area contributed by atoms with Gasteiger partial charge in [0.05, 0.1) is 0 Å². The van der Waals surface area contributed by atoms with Crippen molar-refractivity contribution in [3.63, 3.8) is 0 Å². The van der Waals surface area contributed by atoms with E-state index in [1.54, 1.807) is 0 Å². The lowest BCUT2D eigenvalue weighted by Gasteiger charge is -2.20. The SMILES string of the molecule is C=CCOC(=O)C(C)(C(=O)Cl)C(=O)OCC=C. The number of carbonyl (C=O) groups excluding carboxylic acids is 3. The predicted molar refractivity (Wildman–Crippen MR) is 61.3 cm³/mol. The molecule has 0 spiro atoms. The van der Waals surface area contributed by atoms with Crippen molar-refractivity contribution >= 4 is 28.8 Å². The van der Waals surface area contributed by atoms with Gasteiger partial charge >= 0.3 is 11.9 Å². The Morgan fingerprint density at radius 2 is 1.47 bits per heavy atom. The van der Waals surface area contributed by atoms with E-state index in [9.17, 15) is 14.4 Å².